The van der Waals surface area contributed by atoms with E-state index in [9.17, 15) is 9.18 Å². The molecule has 2 aromatic rings. The van der Waals surface area contributed by atoms with E-state index < -0.39 is 0 Å². The fourth-order valence-corrected chi connectivity index (χ4v) is 4.73. The van der Waals surface area contributed by atoms with Gasteiger partial charge in [0.05, 0.1) is 11.4 Å². The second-order valence-electron chi connectivity index (χ2n) is 6.71. The molecule has 5 nitrogen and oxygen atoms in total. The van der Waals surface area contributed by atoms with Crippen molar-refractivity contribution in [3.8, 4) is 0 Å². The van der Waals surface area contributed by atoms with Gasteiger partial charge in [0.2, 0.25) is 11.0 Å². The van der Waals surface area contributed by atoms with E-state index in [-0.39, 0.29) is 17.8 Å². The Bertz CT molecular complexity index is 754. The van der Waals surface area contributed by atoms with Gasteiger partial charge in [-0.2, -0.15) is 0 Å². The summed E-state index contributed by atoms with van der Waals surface area (Å²) in [5, 5.41) is 14.6. The molecular formula is C18H23FN4OS2. The highest BCUT2D eigenvalue weighted by atomic mass is 32.2. The first kappa shape index (κ1) is 19.1. The third-order valence-corrected chi connectivity index (χ3v) is 6.87. The number of hydrogen-bond acceptors (Lipinski definition) is 6. The summed E-state index contributed by atoms with van der Waals surface area (Å²) in [6.45, 7) is 4.47. The van der Waals surface area contributed by atoms with Crippen molar-refractivity contribution in [1.82, 2.24) is 15.5 Å². The van der Waals surface area contributed by atoms with E-state index in [2.05, 4.69) is 34.7 Å². The van der Waals surface area contributed by atoms with Crippen molar-refractivity contribution in [1.29, 1.82) is 0 Å². The summed E-state index contributed by atoms with van der Waals surface area (Å²) in [4.78, 5) is 12.2. The molecule has 0 aliphatic heterocycles. The smallest absolute Gasteiger partial charge is 0.230 e. The molecule has 26 heavy (non-hydrogen) atoms. The number of carbonyl (C=O) groups excluding carboxylic acids is 1. The quantitative estimate of drug-likeness (QED) is 0.709. The zero-order chi connectivity index (χ0) is 18.5. The van der Waals surface area contributed by atoms with Gasteiger partial charge in [-0.3, -0.25) is 4.79 Å². The summed E-state index contributed by atoms with van der Waals surface area (Å²) < 4.78 is 14.3. The second kappa shape index (κ2) is 8.81. The molecular weight excluding hydrogens is 371 g/mol. The Labute approximate surface area is 161 Å². The first-order valence-corrected chi connectivity index (χ1v) is 10.6. The average Bonchev–Trinajstić information content (AvgIpc) is 3.07. The lowest BCUT2D eigenvalue weighted by Crippen LogP contribution is -2.44. The van der Waals surface area contributed by atoms with Crippen LogP contribution in [0.1, 0.15) is 33.1 Å². The molecule has 0 saturated heterocycles. The molecule has 0 radical (unpaired) electrons. The van der Waals surface area contributed by atoms with Crippen LogP contribution in [0.5, 0.6) is 0 Å². The van der Waals surface area contributed by atoms with Gasteiger partial charge in [0.15, 0.2) is 4.34 Å². The molecule has 8 heteroatoms. The minimum Gasteiger partial charge on any atom is -0.352 e. The number of carbonyl (C=O) groups is 1. The lowest BCUT2D eigenvalue weighted by Gasteiger charge is -2.34. The van der Waals surface area contributed by atoms with E-state index in [0.29, 0.717) is 32.7 Å². The summed E-state index contributed by atoms with van der Waals surface area (Å²) in [5.41, 5.74) is 0.360. The standard InChI is InChI=1S/C18H23FN4OS2/c1-11-6-5-9-14(12(11)2)20-16(24)10-25-18-23-22-17(26-18)21-15-8-4-3-7-13(15)19/h3-4,7-8,11-12,14H,5-6,9-10H2,1-2H3,(H,20,24)(H,21,22)/t11-,12+,14+/m1/s1. The first-order chi connectivity index (χ1) is 12.5. The predicted molar refractivity (Wildman–Crippen MR) is 104 cm³/mol. The molecule has 1 saturated carbocycles. The zero-order valence-electron chi connectivity index (χ0n) is 14.9. The largest absolute Gasteiger partial charge is 0.352 e. The van der Waals surface area contributed by atoms with Crippen molar-refractivity contribution >= 4 is 39.8 Å². The molecule has 140 valence electrons. The number of thioether (sulfide) groups is 1. The number of amides is 1. The van der Waals surface area contributed by atoms with Gasteiger partial charge < -0.3 is 10.6 Å². The van der Waals surface area contributed by atoms with Crippen LogP contribution in [0.2, 0.25) is 0 Å². The van der Waals surface area contributed by atoms with Gasteiger partial charge in [-0.25, -0.2) is 4.39 Å². The lowest BCUT2D eigenvalue weighted by molar-refractivity contribution is -0.119. The molecule has 1 aromatic heterocycles. The van der Waals surface area contributed by atoms with Gasteiger partial charge in [0, 0.05) is 6.04 Å². The Balaban J connectivity index is 1.48. The zero-order valence-corrected chi connectivity index (χ0v) is 16.5. The average molecular weight is 395 g/mol. The van der Waals surface area contributed by atoms with Crippen LogP contribution in [0.15, 0.2) is 28.6 Å². The molecule has 3 rings (SSSR count). The number of nitrogens with zero attached hydrogens (tertiary/aromatic N) is 2. The number of para-hydroxylation sites is 1. The van der Waals surface area contributed by atoms with E-state index in [1.807, 2.05) is 0 Å². The highest BCUT2D eigenvalue weighted by Gasteiger charge is 2.28. The highest BCUT2D eigenvalue weighted by Crippen LogP contribution is 2.30. The lowest BCUT2D eigenvalue weighted by atomic mass is 9.78. The molecule has 1 fully saturated rings. The Hall–Kier alpha value is -1.67. The van der Waals surface area contributed by atoms with Crippen LogP contribution < -0.4 is 10.6 Å². The number of hydrogen-bond donors (Lipinski definition) is 2. The molecule has 1 aromatic carbocycles. The van der Waals surface area contributed by atoms with Crippen molar-refractivity contribution in [2.45, 2.75) is 43.5 Å². The van der Waals surface area contributed by atoms with Gasteiger partial charge >= 0.3 is 0 Å². The number of anilines is 2. The van der Waals surface area contributed by atoms with Crippen molar-refractivity contribution in [2.75, 3.05) is 11.1 Å². The maximum Gasteiger partial charge on any atom is 0.230 e. The maximum atomic E-state index is 13.7. The number of aromatic nitrogens is 2. The van der Waals surface area contributed by atoms with E-state index in [0.717, 1.165) is 6.42 Å². The molecule has 1 aliphatic carbocycles. The van der Waals surface area contributed by atoms with E-state index in [4.69, 9.17) is 0 Å². The predicted octanol–water partition coefficient (Wildman–Crippen LogP) is 4.45. The Morgan fingerprint density at radius 1 is 1.31 bits per heavy atom. The third kappa shape index (κ3) is 4.94. The molecule has 0 bridgehead atoms. The van der Waals surface area contributed by atoms with Crippen molar-refractivity contribution < 1.29 is 9.18 Å². The SMILES string of the molecule is C[C@H]1[C@H](C)CCC[C@@H]1NC(=O)CSc1nnc(Nc2ccccc2F)s1. The Morgan fingerprint density at radius 3 is 2.92 bits per heavy atom. The monoisotopic (exact) mass is 394 g/mol. The molecule has 0 spiro atoms. The van der Waals surface area contributed by atoms with Gasteiger partial charge in [0.25, 0.3) is 0 Å². The second-order valence-corrected chi connectivity index (χ2v) is 8.91. The molecule has 1 aliphatic rings. The molecule has 0 unspecified atom stereocenters. The van der Waals surface area contributed by atoms with Crippen LogP contribution in [-0.2, 0) is 4.79 Å². The normalized spacial score (nSPS) is 22.8. The number of halogens is 1. The Kier molecular flexibility index (Phi) is 6.48. The number of benzene rings is 1. The van der Waals surface area contributed by atoms with Gasteiger partial charge in [-0.1, -0.05) is 61.9 Å². The van der Waals surface area contributed by atoms with Crippen molar-refractivity contribution in [3.63, 3.8) is 0 Å². The summed E-state index contributed by atoms with van der Waals surface area (Å²) in [6, 6.07) is 6.67. The van der Waals surface area contributed by atoms with Gasteiger partial charge in [-0.05, 0) is 30.4 Å². The molecule has 1 amide bonds. The van der Waals surface area contributed by atoms with Crippen LogP contribution in [0.4, 0.5) is 15.2 Å². The van der Waals surface area contributed by atoms with E-state index in [1.54, 1.807) is 18.2 Å². The first-order valence-electron chi connectivity index (χ1n) is 8.80. The minimum absolute atomic E-state index is 0.0276. The number of rotatable bonds is 6. The van der Waals surface area contributed by atoms with Gasteiger partial charge in [-0.15, -0.1) is 10.2 Å². The fourth-order valence-electron chi connectivity index (χ4n) is 3.16. The van der Waals surface area contributed by atoms with E-state index in [1.165, 1.54) is 42.0 Å². The topological polar surface area (TPSA) is 66.9 Å². The van der Waals surface area contributed by atoms with Crippen LogP contribution >= 0.6 is 23.1 Å². The minimum atomic E-state index is -0.341. The highest BCUT2D eigenvalue weighted by molar-refractivity contribution is 8.01. The van der Waals surface area contributed by atoms with Gasteiger partial charge in [0.1, 0.15) is 5.82 Å². The van der Waals surface area contributed by atoms with E-state index >= 15 is 0 Å². The maximum absolute atomic E-state index is 13.7. The van der Waals surface area contributed by atoms with Crippen molar-refractivity contribution in [3.05, 3.63) is 30.1 Å². The summed E-state index contributed by atoms with van der Waals surface area (Å²) in [5.74, 6) is 1.16. The van der Waals surface area contributed by atoms with Crippen LogP contribution in [-0.4, -0.2) is 27.9 Å². The molecule has 3 atom stereocenters. The summed E-state index contributed by atoms with van der Waals surface area (Å²) in [7, 11) is 0. The number of nitrogens with one attached hydrogen (secondary N) is 2. The van der Waals surface area contributed by atoms with Crippen LogP contribution in [0, 0.1) is 17.7 Å². The van der Waals surface area contributed by atoms with Crippen LogP contribution in [0.3, 0.4) is 0 Å². The third-order valence-electron chi connectivity index (χ3n) is 4.90. The van der Waals surface area contributed by atoms with Crippen LogP contribution in [0.25, 0.3) is 0 Å². The fraction of sp³-hybridized carbons (Fsp3) is 0.500. The van der Waals surface area contributed by atoms with Crippen molar-refractivity contribution in [2.24, 2.45) is 11.8 Å². The molecule has 1 heterocycles. The summed E-state index contributed by atoms with van der Waals surface area (Å²) >= 11 is 2.66. The Morgan fingerprint density at radius 2 is 2.12 bits per heavy atom. The summed E-state index contributed by atoms with van der Waals surface area (Å²) in [6.07, 6.45) is 3.47. The molecule has 2 N–H and O–H groups in total.